The summed E-state index contributed by atoms with van der Waals surface area (Å²) in [5.74, 6) is -0.811. The van der Waals surface area contributed by atoms with Gasteiger partial charge in [0.2, 0.25) is 10.0 Å². The maximum Gasteiger partial charge on any atom is 0.245 e. The van der Waals surface area contributed by atoms with Crippen LogP contribution >= 0.6 is 0 Å². The molecule has 112 valence electrons. The van der Waals surface area contributed by atoms with Crippen LogP contribution in [-0.2, 0) is 10.0 Å². The molecular formula is C14H21FN2O2S. The Balaban J connectivity index is 2.17. The van der Waals surface area contributed by atoms with Gasteiger partial charge in [0.05, 0.1) is 5.69 Å². The molecular weight excluding hydrogens is 279 g/mol. The van der Waals surface area contributed by atoms with E-state index in [-0.39, 0.29) is 17.1 Å². The molecule has 4 nitrogen and oxygen atoms in total. The Morgan fingerprint density at radius 3 is 2.45 bits per heavy atom. The molecule has 0 unspecified atom stereocenters. The molecule has 0 saturated heterocycles. The van der Waals surface area contributed by atoms with E-state index in [0.29, 0.717) is 0 Å². The minimum Gasteiger partial charge on any atom is -0.398 e. The molecule has 1 fully saturated rings. The van der Waals surface area contributed by atoms with E-state index in [1.165, 1.54) is 12.1 Å². The van der Waals surface area contributed by atoms with E-state index in [1.807, 2.05) is 0 Å². The third-order valence-corrected chi connectivity index (χ3v) is 5.54. The van der Waals surface area contributed by atoms with Crippen LogP contribution in [0.3, 0.4) is 0 Å². The summed E-state index contributed by atoms with van der Waals surface area (Å²) in [4.78, 5) is -0.440. The van der Waals surface area contributed by atoms with Crippen LogP contribution in [0.15, 0.2) is 23.1 Å². The van der Waals surface area contributed by atoms with E-state index >= 15 is 0 Å². The van der Waals surface area contributed by atoms with Gasteiger partial charge in [-0.25, -0.2) is 17.5 Å². The van der Waals surface area contributed by atoms with Crippen LogP contribution in [0.1, 0.15) is 39.5 Å². The lowest BCUT2D eigenvalue weighted by Crippen LogP contribution is -2.39. The van der Waals surface area contributed by atoms with E-state index in [4.69, 9.17) is 5.73 Å². The number of benzene rings is 1. The second kappa shape index (κ2) is 5.33. The molecule has 1 aromatic carbocycles. The van der Waals surface area contributed by atoms with Crippen LogP contribution in [0.2, 0.25) is 0 Å². The lowest BCUT2D eigenvalue weighted by atomic mass is 9.76. The van der Waals surface area contributed by atoms with Crippen LogP contribution in [0, 0.1) is 11.2 Å². The summed E-state index contributed by atoms with van der Waals surface area (Å²) in [5, 5.41) is 0. The van der Waals surface area contributed by atoms with Crippen LogP contribution in [-0.4, -0.2) is 14.5 Å². The van der Waals surface area contributed by atoms with Gasteiger partial charge in [-0.2, -0.15) is 0 Å². The molecule has 2 rings (SSSR count). The predicted molar refractivity (Wildman–Crippen MR) is 77.2 cm³/mol. The molecule has 6 heteroatoms. The molecule has 1 aromatic rings. The quantitative estimate of drug-likeness (QED) is 0.843. The van der Waals surface area contributed by atoms with Crippen molar-refractivity contribution in [2.24, 2.45) is 5.41 Å². The fraction of sp³-hybridized carbons (Fsp3) is 0.571. The van der Waals surface area contributed by atoms with Crippen molar-refractivity contribution in [3.05, 3.63) is 24.0 Å². The first-order chi connectivity index (χ1) is 9.21. The van der Waals surface area contributed by atoms with Gasteiger partial charge in [-0.05, 0) is 43.2 Å². The molecule has 0 atom stereocenters. The molecule has 0 spiro atoms. The highest BCUT2D eigenvalue weighted by Gasteiger charge is 2.31. The fourth-order valence-electron chi connectivity index (χ4n) is 2.60. The number of nitrogens with one attached hydrogen (secondary N) is 1. The standard InChI is InChI=1S/C14H21FN2O2S/c1-14(2)8-6-10(7-9-14)17-20(18,19)13-11(15)4-3-5-12(13)16/h3-5,10,17H,6-9,16H2,1-2H3. The Morgan fingerprint density at radius 1 is 1.30 bits per heavy atom. The van der Waals surface area contributed by atoms with Gasteiger partial charge in [-0.15, -0.1) is 0 Å². The monoisotopic (exact) mass is 300 g/mol. The highest BCUT2D eigenvalue weighted by Crippen LogP contribution is 2.35. The van der Waals surface area contributed by atoms with Gasteiger partial charge >= 0.3 is 0 Å². The van der Waals surface area contributed by atoms with Crippen molar-refractivity contribution in [2.45, 2.75) is 50.5 Å². The highest BCUT2D eigenvalue weighted by atomic mass is 32.2. The third kappa shape index (κ3) is 3.30. The Bertz CT molecular complexity index is 569. The van der Waals surface area contributed by atoms with E-state index < -0.39 is 20.7 Å². The molecule has 0 heterocycles. The molecule has 0 aromatic heterocycles. The largest absolute Gasteiger partial charge is 0.398 e. The number of hydrogen-bond acceptors (Lipinski definition) is 3. The van der Waals surface area contributed by atoms with E-state index in [2.05, 4.69) is 18.6 Å². The number of anilines is 1. The molecule has 1 aliphatic rings. The maximum atomic E-state index is 13.7. The van der Waals surface area contributed by atoms with Crippen molar-refractivity contribution in [1.29, 1.82) is 0 Å². The number of nitrogen functional groups attached to an aromatic ring is 1. The van der Waals surface area contributed by atoms with Gasteiger partial charge in [-0.3, -0.25) is 0 Å². The maximum absolute atomic E-state index is 13.7. The molecule has 0 radical (unpaired) electrons. The molecule has 0 amide bonds. The lowest BCUT2D eigenvalue weighted by molar-refractivity contribution is 0.218. The minimum absolute atomic E-state index is 0.0614. The smallest absolute Gasteiger partial charge is 0.245 e. The van der Waals surface area contributed by atoms with Crippen molar-refractivity contribution in [3.63, 3.8) is 0 Å². The Labute approximate surface area is 119 Å². The van der Waals surface area contributed by atoms with Crippen molar-refractivity contribution in [1.82, 2.24) is 4.72 Å². The SMILES string of the molecule is CC1(C)CCC(NS(=O)(=O)c2c(N)cccc2F)CC1. The Kier molecular flexibility index (Phi) is 4.07. The average molecular weight is 300 g/mol. The van der Waals surface area contributed by atoms with E-state index in [1.54, 1.807) is 0 Å². The number of nitrogens with two attached hydrogens (primary N) is 1. The minimum atomic E-state index is -3.91. The summed E-state index contributed by atoms with van der Waals surface area (Å²) in [6.07, 6.45) is 3.43. The summed E-state index contributed by atoms with van der Waals surface area (Å²) in [6.45, 7) is 4.35. The molecule has 1 aliphatic carbocycles. The first-order valence-electron chi connectivity index (χ1n) is 6.78. The Hall–Kier alpha value is -1.14. The first kappa shape index (κ1) is 15.3. The van der Waals surface area contributed by atoms with Crippen molar-refractivity contribution in [3.8, 4) is 0 Å². The molecule has 3 N–H and O–H groups in total. The van der Waals surface area contributed by atoms with Gasteiger partial charge < -0.3 is 5.73 Å². The summed E-state index contributed by atoms with van der Waals surface area (Å²) in [7, 11) is -3.91. The zero-order valence-electron chi connectivity index (χ0n) is 11.8. The summed E-state index contributed by atoms with van der Waals surface area (Å²) in [5.41, 5.74) is 5.78. The molecule has 1 saturated carbocycles. The third-order valence-electron chi connectivity index (χ3n) is 3.93. The van der Waals surface area contributed by atoms with Crippen LogP contribution in [0.4, 0.5) is 10.1 Å². The second-order valence-corrected chi connectivity index (χ2v) is 7.87. The zero-order chi connectivity index (χ0) is 15.0. The summed E-state index contributed by atoms with van der Waals surface area (Å²) in [6, 6.07) is 3.75. The number of rotatable bonds is 3. The number of hydrogen-bond donors (Lipinski definition) is 2. The first-order valence-corrected chi connectivity index (χ1v) is 8.26. The summed E-state index contributed by atoms with van der Waals surface area (Å²) >= 11 is 0. The fourth-order valence-corrected chi connectivity index (χ4v) is 4.10. The molecule has 20 heavy (non-hydrogen) atoms. The van der Waals surface area contributed by atoms with Crippen LogP contribution in [0.25, 0.3) is 0 Å². The predicted octanol–water partition coefficient (Wildman–Crippen LogP) is 2.66. The van der Waals surface area contributed by atoms with Gasteiger partial charge in [-0.1, -0.05) is 19.9 Å². The van der Waals surface area contributed by atoms with Gasteiger partial charge in [0, 0.05) is 6.04 Å². The van der Waals surface area contributed by atoms with Crippen LogP contribution < -0.4 is 10.5 Å². The lowest BCUT2D eigenvalue weighted by Gasteiger charge is -2.34. The molecule has 0 bridgehead atoms. The van der Waals surface area contributed by atoms with Crippen LogP contribution in [0.5, 0.6) is 0 Å². The Morgan fingerprint density at radius 2 is 1.90 bits per heavy atom. The normalized spacial score (nSPS) is 19.9. The van der Waals surface area contributed by atoms with Gasteiger partial charge in [0.1, 0.15) is 10.7 Å². The average Bonchev–Trinajstić information content (AvgIpc) is 2.31. The highest BCUT2D eigenvalue weighted by molar-refractivity contribution is 7.89. The van der Waals surface area contributed by atoms with Gasteiger partial charge in [0.25, 0.3) is 0 Å². The van der Waals surface area contributed by atoms with E-state index in [0.717, 1.165) is 31.7 Å². The van der Waals surface area contributed by atoms with Crippen molar-refractivity contribution in [2.75, 3.05) is 5.73 Å². The molecule has 0 aliphatic heterocycles. The number of sulfonamides is 1. The second-order valence-electron chi connectivity index (χ2n) is 6.22. The topological polar surface area (TPSA) is 72.2 Å². The van der Waals surface area contributed by atoms with Crippen molar-refractivity contribution >= 4 is 15.7 Å². The summed E-state index contributed by atoms with van der Waals surface area (Å²) < 4.78 is 40.9. The number of halogens is 1. The van der Waals surface area contributed by atoms with E-state index in [9.17, 15) is 12.8 Å². The van der Waals surface area contributed by atoms with Gasteiger partial charge in [0.15, 0.2) is 0 Å². The zero-order valence-corrected chi connectivity index (χ0v) is 12.6. The van der Waals surface area contributed by atoms with Crippen molar-refractivity contribution < 1.29 is 12.8 Å².